The standard InChI is InChI=1S/C20H35BrO3/c1-16(11-12-18(21)20(3,4)22)8-7-9-17(2)13-15-24-19-10-5-6-14-23-19/h8,13,18-19,22H,5-7,9-12,14-15H2,1-4H3/b16-8+,17-13+. The molecule has 4 heteroatoms. The van der Waals surface area contributed by atoms with Gasteiger partial charge in [0.1, 0.15) is 0 Å². The molecular weight excluding hydrogens is 368 g/mol. The SMILES string of the molecule is C/C(=C\COC1CCCCO1)CC/C=C(\C)CCC(Br)C(C)(C)O. The lowest BCUT2D eigenvalue weighted by atomic mass is 9.98. The summed E-state index contributed by atoms with van der Waals surface area (Å²) >= 11 is 3.57. The molecule has 0 aromatic rings. The molecule has 0 aromatic heterocycles. The van der Waals surface area contributed by atoms with Crippen LogP contribution in [0.25, 0.3) is 0 Å². The van der Waals surface area contributed by atoms with Gasteiger partial charge in [-0.25, -0.2) is 0 Å². The van der Waals surface area contributed by atoms with Gasteiger partial charge >= 0.3 is 0 Å². The molecule has 1 N–H and O–H groups in total. The fourth-order valence-corrected chi connectivity index (χ4v) is 2.83. The van der Waals surface area contributed by atoms with Gasteiger partial charge in [0.25, 0.3) is 0 Å². The van der Waals surface area contributed by atoms with E-state index in [1.807, 2.05) is 13.8 Å². The van der Waals surface area contributed by atoms with Crippen LogP contribution in [0.15, 0.2) is 23.3 Å². The van der Waals surface area contributed by atoms with E-state index >= 15 is 0 Å². The molecule has 2 atom stereocenters. The maximum Gasteiger partial charge on any atom is 0.157 e. The van der Waals surface area contributed by atoms with Gasteiger partial charge < -0.3 is 14.6 Å². The van der Waals surface area contributed by atoms with Gasteiger partial charge in [0.05, 0.1) is 12.2 Å². The Morgan fingerprint density at radius 3 is 2.58 bits per heavy atom. The van der Waals surface area contributed by atoms with Crippen molar-refractivity contribution in [3.8, 4) is 0 Å². The van der Waals surface area contributed by atoms with Crippen LogP contribution in [0.2, 0.25) is 0 Å². The molecule has 3 nitrogen and oxygen atoms in total. The summed E-state index contributed by atoms with van der Waals surface area (Å²) in [5.41, 5.74) is 2.09. The van der Waals surface area contributed by atoms with Crippen LogP contribution in [0.1, 0.15) is 72.6 Å². The Kier molecular flexibility index (Phi) is 10.4. The molecule has 0 spiro atoms. The molecule has 1 heterocycles. The van der Waals surface area contributed by atoms with Crippen molar-refractivity contribution in [2.45, 2.75) is 89.4 Å². The number of rotatable bonds is 10. The van der Waals surface area contributed by atoms with Crippen LogP contribution in [-0.4, -0.2) is 35.0 Å². The Morgan fingerprint density at radius 2 is 1.96 bits per heavy atom. The molecular formula is C20H35BrO3. The number of hydrogen-bond acceptors (Lipinski definition) is 3. The second-order valence-corrected chi connectivity index (χ2v) is 8.53. The molecule has 140 valence electrons. The third-order valence-corrected chi connectivity index (χ3v) is 6.02. The van der Waals surface area contributed by atoms with Gasteiger partial charge in [-0.3, -0.25) is 0 Å². The van der Waals surface area contributed by atoms with Crippen LogP contribution in [0, 0.1) is 0 Å². The van der Waals surface area contributed by atoms with Gasteiger partial charge in [0.2, 0.25) is 0 Å². The number of hydrogen-bond donors (Lipinski definition) is 1. The highest BCUT2D eigenvalue weighted by molar-refractivity contribution is 9.09. The summed E-state index contributed by atoms with van der Waals surface area (Å²) in [4.78, 5) is 0.133. The first kappa shape index (κ1) is 21.9. The monoisotopic (exact) mass is 402 g/mol. The Labute approximate surface area is 156 Å². The first-order valence-corrected chi connectivity index (χ1v) is 10.1. The number of allylic oxidation sites excluding steroid dienone is 3. The van der Waals surface area contributed by atoms with Crippen molar-refractivity contribution in [1.82, 2.24) is 0 Å². The van der Waals surface area contributed by atoms with Gasteiger partial charge in [-0.15, -0.1) is 0 Å². The molecule has 1 rings (SSSR count). The minimum absolute atomic E-state index is 0.00193. The molecule has 1 saturated heterocycles. The summed E-state index contributed by atoms with van der Waals surface area (Å²) in [7, 11) is 0. The van der Waals surface area contributed by atoms with Gasteiger partial charge in [-0.05, 0) is 72.6 Å². The number of alkyl halides is 1. The van der Waals surface area contributed by atoms with Crippen molar-refractivity contribution in [1.29, 1.82) is 0 Å². The summed E-state index contributed by atoms with van der Waals surface area (Å²) in [6.07, 6.45) is 12.0. The van der Waals surface area contributed by atoms with Gasteiger partial charge in [0, 0.05) is 11.4 Å². The molecule has 0 bridgehead atoms. The second-order valence-electron chi connectivity index (χ2n) is 7.43. The average molecular weight is 403 g/mol. The highest BCUT2D eigenvalue weighted by Gasteiger charge is 2.23. The van der Waals surface area contributed by atoms with E-state index in [9.17, 15) is 5.11 Å². The van der Waals surface area contributed by atoms with Crippen molar-refractivity contribution in [2.24, 2.45) is 0 Å². The molecule has 24 heavy (non-hydrogen) atoms. The first-order valence-electron chi connectivity index (χ1n) is 9.20. The maximum absolute atomic E-state index is 9.93. The molecule has 0 saturated carbocycles. The summed E-state index contributed by atoms with van der Waals surface area (Å²) < 4.78 is 11.3. The second kappa shape index (κ2) is 11.5. The Hall–Kier alpha value is -0.160. The van der Waals surface area contributed by atoms with E-state index < -0.39 is 5.60 Å². The molecule has 0 amide bonds. The number of ether oxygens (including phenoxy) is 2. The highest BCUT2D eigenvalue weighted by atomic mass is 79.9. The van der Waals surface area contributed by atoms with E-state index in [2.05, 4.69) is 41.9 Å². The van der Waals surface area contributed by atoms with Crippen LogP contribution >= 0.6 is 15.9 Å². The fourth-order valence-electron chi connectivity index (χ4n) is 2.60. The topological polar surface area (TPSA) is 38.7 Å². The smallest absolute Gasteiger partial charge is 0.157 e. The lowest BCUT2D eigenvalue weighted by Gasteiger charge is -2.24. The van der Waals surface area contributed by atoms with E-state index in [-0.39, 0.29) is 11.1 Å². The summed E-state index contributed by atoms with van der Waals surface area (Å²) in [6, 6.07) is 0. The zero-order chi connectivity index (χ0) is 18.0. The summed E-state index contributed by atoms with van der Waals surface area (Å²) in [5, 5.41) is 9.93. The van der Waals surface area contributed by atoms with Crippen LogP contribution in [0.3, 0.4) is 0 Å². The van der Waals surface area contributed by atoms with Crippen LogP contribution in [0.5, 0.6) is 0 Å². The Balaban J connectivity index is 2.18. The van der Waals surface area contributed by atoms with Crippen LogP contribution < -0.4 is 0 Å². The minimum atomic E-state index is -0.665. The fraction of sp³-hybridized carbons (Fsp3) is 0.800. The molecule has 1 aliphatic rings. The van der Waals surface area contributed by atoms with Crippen molar-refractivity contribution in [3.05, 3.63) is 23.3 Å². The zero-order valence-corrected chi connectivity index (χ0v) is 17.4. The third kappa shape index (κ3) is 9.97. The molecule has 0 aromatic carbocycles. The van der Waals surface area contributed by atoms with E-state index in [4.69, 9.17) is 9.47 Å². The van der Waals surface area contributed by atoms with E-state index in [1.54, 1.807) is 0 Å². The highest BCUT2D eigenvalue weighted by Crippen LogP contribution is 2.24. The van der Waals surface area contributed by atoms with Gasteiger partial charge in [0.15, 0.2) is 6.29 Å². The number of aliphatic hydroxyl groups is 1. The van der Waals surface area contributed by atoms with Crippen molar-refractivity contribution in [3.63, 3.8) is 0 Å². The average Bonchev–Trinajstić information content (AvgIpc) is 2.52. The molecule has 0 radical (unpaired) electrons. The van der Waals surface area contributed by atoms with Crippen LogP contribution in [0.4, 0.5) is 0 Å². The van der Waals surface area contributed by atoms with Gasteiger partial charge in [-0.2, -0.15) is 0 Å². The largest absolute Gasteiger partial charge is 0.389 e. The molecule has 2 unspecified atom stereocenters. The van der Waals surface area contributed by atoms with Crippen LogP contribution in [-0.2, 0) is 9.47 Å². The Morgan fingerprint density at radius 1 is 1.25 bits per heavy atom. The van der Waals surface area contributed by atoms with E-state index in [1.165, 1.54) is 17.6 Å². The molecule has 1 fully saturated rings. The van der Waals surface area contributed by atoms with E-state index in [0.717, 1.165) is 45.1 Å². The van der Waals surface area contributed by atoms with Crippen molar-refractivity contribution in [2.75, 3.05) is 13.2 Å². The summed E-state index contributed by atoms with van der Waals surface area (Å²) in [5.74, 6) is 0. The number of halogens is 1. The maximum atomic E-state index is 9.93. The summed E-state index contributed by atoms with van der Waals surface area (Å²) in [6.45, 7) is 9.51. The van der Waals surface area contributed by atoms with Crippen molar-refractivity contribution >= 4 is 15.9 Å². The van der Waals surface area contributed by atoms with Gasteiger partial charge in [-0.1, -0.05) is 39.2 Å². The normalized spacial score (nSPS) is 21.8. The predicted octanol–water partition coefficient (Wildman–Crippen LogP) is 5.52. The molecule has 1 aliphatic heterocycles. The lowest BCUT2D eigenvalue weighted by Crippen LogP contribution is -2.31. The third-order valence-electron chi connectivity index (χ3n) is 4.44. The zero-order valence-electron chi connectivity index (χ0n) is 15.8. The Bertz CT molecular complexity index is 404. The quantitative estimate of drug-likeness (QED) is 0.386. The predicted molar refractivity (Wildman–Crippen MR) is 105 cm³/mol. The minimum Gasteiger partial charge on any atom is -0.389 e. The first-order chi connectivity index (χ1) is 11.3. The van der Waals surface area contributed by atoms with Crippen molar-refractivity contribution < 1.29 is 14.6 Å². The molecule has 0 aliphatic carbocycles. The lowest BCUT2D eigenvalue weighted by molar-refractivity contribution is -0.155. The van der Waals surface area contributed by atoms with E-state index in [0.29, 0.717) is 6.61 Å².